The molecule has 0 spiro atoms. The number of hydrogen-bond acceptors (Lipinski definition) is 3. The van der Waals surface area contributed by atoms with Gasteiger partial charge in [0.15, 0.2) is 0 Å². The van der Waals surface area contributed by atoms with Crippen LogP contribution in [0.15, 0.2) is 54.6 Å². The van der Waals surface area contributed by atoms with E-state index in [0.717, 1.165) is 45.4 Å². The van der Waals surface area contributed by atoms with E-state index in [9.17, 15) is 5.26 Å². The number of nitrogens with one attached hydrogen (secondary N) is 1. The molecule has 0 saturated carbocycles. The fourth-order valence-corrected chi connectivity index (χ4v) is 3.69. The van der Waals surface area contributed by atoms with Crippen molar-refractivity contribution in [3.63, 3.8) is 0 Å². The van der Waals surface area contributed by atoms with E-state index >= 15 is 0 Å². The molecule has 0 aromatic heterocycles. The monoisotopic (exact) mass is 348 g/mol. The van der Waals surface area contributed by atoms with Crippen molar-refractivity contribution in [1.29, 1.82) is 5.26 Å². The minimum absolute atomic E-state index is 0.185. The Balaban J connectivity index is 1.63. The molecule has 0 amide bonds. The van der Waals surface area contributed by atoms with Crippen LogP contribution in [0.4, 0.5) is 0 Å². The first-order valence-corrected chi connectivity index (χ1v) is 9.56. The zero-order valence-electron chi connectivity index (χ0n) is 15.6. The average Bonchev–Trinajstić information content (AvgIpc) is 2.70. The van der Waals surface area contributed by atoms with Crippen molar-refractivity contribution < 1.29 is 4.74 Å². The van der Waals surface area contributed by atoms with Gasteiger partial charge in [-0.25, -0.2) is 0 Å². The maximum atomic E-state index is 9.61. The Hall–Kier alpha value is -2.15. The predicted molar refractivity (Wildman–Crippen MR) is 105 cm³/mol. The minimum atomic E-state index is -0.188. The molecule has 3 nitrogen and oxygen atoms in total. The number of nitriles is 1. The van der Waals surface area contributed by atoms with E-state index in [2.05, 4.69) is 72.9 Å². The van der Waals surface area contributed by atoms with Gasteiger partial charge in [-0.2, -0.15) is 5.26 Å². The van der Waals surface area contributed by atoms with Gasteiger partial charge in [-0.15, -0.1) is 0 Å². The van der Waals surface area contributed by atoms with E-state index < -0.39 is 0 Å². The first-order valence-electron chi connectivity index (χ1n) is 9.56. The molecule has 3 heteroatoms. The lowest BCUT2D eigenvalue weighted by atomic mass is 9.78. The maximum absolute atomic E-state index is 9.61. The molecule has 2 aromatic carbocycles. The molecule has 3 rings (SSSR count). The van der Waals surface area contributed by atoms with Gasteiger partial charge in [0.1, 0.15) is 0 Å². The zero-order valence-corrected chi connectivity index (χ0v) is 15.6. The van der Waals surface area contributed by atoms with E-state index in [-0.39, 0.29) is 11.5 Å². The van der Waals surface area contributed by atoms with Gasteiger partial charge >= 0.3 is 0 Å². The average molecular weight is 348 g/mol. The third kappa shape index (κ3) is 4.72. The third-order valence-electron chi connectivity index (χ3n) is 5.41. The molecule has 1 heterocycles. The predicted octanol–water partition coefficient (Wildman–Crippen LogP) is 4.77. The molecule has 1 atom stereocenters. The van der Waals surface area contributed by atoms with Crippen LogP contribution < -0.4 is 5.32 Å². The smallest absolute Gasteiger partial charge is 0.0691 e. The van der Waals surface area contributed by atoms with Gasteiger partial charge in [-0.3, -0.25) is 0 Å². The number of ether oxygens (including phenoxy) is 1. The Morgan fingerprint density at radius 3 is 2.35 bits per heavy atom. The fourth-order valence-electron chi connectivity index (χ4n) is 3.69. The molecule has 1 saturated heterocycles. The fraction of sp³-hybridized carbons (Fsp3) is 0.435. The number of rotatable bonds is 7. The molecule has 2 aromatic rings. The van der Waals surface area contributed by atoms with Crippen LogP contribution in [0.5, 0.6) is 0 Å². The van der Waals surface area contributed by atoms with Gasteiger partial charge in [0, 0.05) is 13.2 Å². The summed E-state index contributed by atoms with van der Waals surface area (Å²) in [4.78, 5) is 0. The molecule has 0 aliphatic carbocycles. The second kappa shape index (κ2) is 8.98. The lowest BCUT2D eigenvalue weighted by Crippen LogP contribution is -2.30. The van der Waals surface area contributed by atoms with Crippen molar-refractivity contribution in [3.05, 3.63) is 71.3 Å². The summed E-state index contributed by atoms with van der Waals surface area (Å²) < 4.78 is 5.43. The Morgan fingerprint density at radius 2 is 1.69 bits per heavy atom. The van der Waals surface area contributed by atoms with Crippen LogP contribution >= 0.6 is 0 Å². The van der Waals surface area contributed by atoms with Crippen LogP contribution in [0, 0.1) is 23.7 Å². The maximum Gasteiger partial charge on any atom is 0.0691 e. The van der Waals surface area contributed by atoms with E-state index in [4.69, 9.17) is 4.74 Å². The summed E-state index contributed by atoms with van der Waals surface area (Å²) in [5.74, 6) is 0. The lowest BCUT2D eigenvalue weighted by molar-refractivity contribution is 0.0361. The highest BCUT2D eigenvalue weighted by atomic mass is 16.5. The Kier molecular flexibility index (Phi) is 6.44. The van der Waals surface area contributed by atoms with Crippen molar-refractivity contribution in [2.24, 2.45) is 5.41 Å². The van der Waals surface area contributed by atoms with Crippen LogP contribution in [-0.4, -0.2) is 19.8 Å². The van der Waals surface area contributed by atoms with Crippen molar-refractivity contribution in [1.82, 2.24) is 5.32 Å². The van der Waals surface area contributed by atoms with Crippen molar-refractivity contribution >= 4 is 0 Å². The van der Waals surface area contributed by atoms with Crippen molar-refractivity contribution in [3.8, 4) is 6.07 Å². The molecule has 0 bridgehead atoms. The highest BCUT2D eigenvalue weighted by molar-refractivity contribution is 5.33. The molecule has 1 aliphatic heterocycles. The van der Waals surface area contributed by atoms with Crippen LogP contribution in [0.2, 0.25) is 0 Å². The van der Waals surface area contributed by atoms with Gasteiger partial charge in [0.2, 0.25) is 0 Å². The standard InChI is InChI=1S/C23H28N2O/c1-19-8-10-21(11-9-19)22(20-6-3-2-4-7-20)25-15-5-12-23(18-24)13-16-26-17-14-23/h2-4,6-11,22,25H,5,12-17H2,1H3. The molecular formula is C23H28N2O. The normalized spacial score (nSPS) is 17.4. The topological polar surface area (TPSA) is 45.0 Å². The largest absolute Gasteiger partial charge is 0.381 e. The number of hydrogen-bond donors (Lipinski definition) is 1. The first kappa shape index (κ1) is 18.6. The SMILES string of the molecule is Cc1ccc(C(NCCCC2(C#N)CCOCC2)c2ccccc2)cc1. The molecule has 0 radical (unpaired) electrons. The number of nitrogens with zero attached hydrogens (tertiary/aromatic N) is 1. The first-order chi connectivity index (χ1) is 12.7. The molecule has 1 aliphatic rings. The zero-order chi connectivity index (χ0) is 18.2. The van der Waals surface area contributed by atoms with Crippen LogP contribution in [0.25, 0.3) is 0 Å². The lowest BCUT2D eigenvalue weighted by Gasteiger charge is -2.31. The molecular weight excluding hydrogens is 320 g/mol. The number of benzene rings is 2. The Bertz CT molecular complexity index is 712. The van der Waals surface area contributed by atoms with Crippen LogP contribution in [0.3, 0.4) is 0 Å². The van der Waals surface area contributed by atoms with Gasteiger partial charge in [-0.05, 0) is 50.3 Å². The second-order valence-electron chi connectivity index (χ2n) is 7.32. The van der Waals surface area contributed by atoms with Crippen molar-refractivity contribution in [2.75, 3.05) is 19.8 Å². The Morgan fingerprint density at radius 1 is 1.04 bits per heavy atom. The number of aryl methyl sites for hydroxylation is 1. The molecule has 26 heavy (non-hydrogen) atoms. The summed E-state index contributed by atoms with van der Waals surface area (Å²) in [6.07, 6.45) is 3.67. The van der Waals surface area contributed by atoms with E-state index in [1.165, 1.54) is 16.7 Å². The quantitative estimate of drug-likeness (QED) is 0.733. The van der Waals surface area contributed by atoms with Gasteiger partial charge < -0.3 is 10.1 Å². The summed E-state index contributed by atoms with van der Waals surface area (Å²) in [6.45, 7) is 4.45. The van der Waals surface area contributed by atoms with E-state index in [1.54, 1.807) is 0 Å². The van der Waals surface area contributed by atoms with Crippen LogP contribution in [0.1, 0.15) is 48.4 Å². The van der Waals surface area contributed by atoms with Crippen molar-refractivity contribution in [2.45, 2.75) is 38.6 Å². The molecule has 1 unspecified atom stereocenters. The Labute approximate surface area is 157 Å². The summed E-state index contributed by atoms with van der Waals surface area (Å²) in [5.41, 5.74) is 3.64. The molecule has 1 N–H and O–H groups in total. The molecule has 136 valence electrons. The van der Waals surface area contributed by atoms with E-state index in [1.807, 2.05) is 0 Å². The summed E-state index contributed by atoms with van der Waals surface area (Å²) in [5, 5.41) is 13.3. The minimum Gasteiger partial charge on any atom is -0.381 e. The summed E-state index contributed by atoms with van der Waals surface area (Å²) in [7, 11) is 0. The highest BCUT2D eigenvalue weighted by Crippen LogP contribution is 2.34. The second-order valence-corrected chi connectivity index (χ2v) is 7.32. The van der Waals surface area contributed by atoms with Gasteiger partial charge in [0.25, 0.3) is 0 Å². The highest BCUT2D eigenvalue weighted by Gasteiger charge is 2.32. The summed E-state index contributed by atoms with van der Waals surface area (Å²) in [6, 6.07) is 22.1. The van der Waals surface area contributed by atoms with E-state index in [0.29, 0.717) is 0 Å². The summed E-state index contributed by atoms with van der Waals surface area (Å²) >= 11 is 0. The van der Waals surface area contributed by atoms with Gasteiger partial charge in [0.05, 0.1) is 17.5 Å². The van der Waals surface area contributed by atoms with Gasteiger partial charge in [-0.1, -0.05) is 60.2 Å². The third-order valence-corrected chi connectivity index (χ3v) is 5.41. The molecule has 1 fully saturated rings. The van der Waals surface area contributed by atoms with Crippen LogP contribution in [-0.2, 0) is 4.74 Å².